The fourth-order valence-electron chi connectivity index (χ4n) is 3.32. The van der Waals surface area contributed by atoms with Gasteiger partial charge in [-0.2, -0.15) is 0 Å². The molecule has 0 saturated carbocycles. The molecule has 1 fully saturated rings. The van der Waals surface area contributed by atoms with Crippen LogP contribution in [0.15, 0.2) is 54.6 Å². The molecule has 0 radical (unpaired) electrons. The van der Waals surface area contributed by atoms with Gasteiger partial charge in [0.2, 0.25) is 0 Å². The maximum atomic E-state index is 13.0. The summed E-state index contributed by atoms with van der Waals surface area (Å²) >= 11 is 5.94. The predicted octanol–water partition coefficient (Wildman–Crippen LogP) is 4.42. The van der Waals surface area contributed by atoms with Gasteiger partial charge in [0.15, 0.2) is 0 Å². The zero-order valence-electron chi connectivity index (χ0n) is 14.5. The summed E-state index contributed by atoms with van der Waals surface area (Å²) in [6.07, 6.45) is 3.47. The number of amides is 2. The van der Waals surface area contributed by atoms with E-state index in [2.05, 4.69) is 16.9 Å². The number of hydrogen-bond donors (Lipinski definition) is 2. The first-order valence-electron chi connectivity index (χ1n) is 8.77. The van der Waals surface area contributed by atoms with Crippen molar-refractivity contribution in [2.24, 2.45) is 0 Å². The van der Waals surface area contributed by atoms with Crippen LogP contribution in [-0.2, 0) is 4.84 Å². The molecule has 0 bridgehead atoms. The Balaban J connectivity index is 1.37. The molecule has 27 heavy (non-hydrogen) atoms. The Labute approximate surface area is 161 Å². The molecule has 4 rings (SSSR count). The molecule has 2 N–H and O–H groups in total. The SMILES string of the molecule is O=C(Nc1ccc(F)cc1)N1CCC2(C=C(c3ccc(Cl)cc3)NO2)CC1. The van der Waals surface area contributed by atoms with E-state index in [1.54, 1.807) is 17.0 Å². The van der Waals surface area contributed by atoms with Crippen LogP contribution in [0.4, 0.5) is 14.9 Å². The summed E-state index contributed by atoms with van der Waals surface area (Å²) in [5.41, 5.74) is 5.08. The summed E-state index contributed by atoms with van der Waals surface area (Å²) < 4.78 is 13.0. The first-order valence-corrected chi connectivity index (χ1v) is 9.15. The van der Waals surface area contributed by atoms with Crippen LogP contribution >= 0.6 is 11.6 Å². The lowest BCUT2D eigenvalue weighted by atomic mass is 9.90. The summed E-state index contributed by atoms with van der Waals surface area (Å²) in [7, 11) is 0. The first kappa shape index (κ1) is 17.8. The molecule has 0 aromatic heterocycles. The van der Waals surface area contributed by atoms with Gasteiger partial charge < -0.3 is 10.2 Å². The number of likely N-dealkylation sites (tertiary alicyclic amines) is 1. The molecule has 0 atom stereocenters. The number of nitrogens with one attached hydrogen (secondary N) is 2. The topological polar surface area (TPSA) is 53.6 Å². The predicted molar refractivity (Wildman–Crippen MR) is 103 cm³/mol. The minimum atomic E-state index is -0.415. The van der Waals surface area contributed by atoms with E-state index >= 15 is 0 Å². The van der Waals surface area contributed by atoms with E-state index in [4.69, 9.17) is 16.4 Å². The van der Waals surface area contributed by atoms with Crippen LogP contribution in [-0.4, -0.2) is 29.6 Å². The van der Waals surface area contributed by atoms with E-state index < -0.39 is 5.60 Å². The van der Waals surface area contributed by atoms with Crippen LogP contribution in [0.5, 0.6) is 0 Å². The average molecular weight is 388 g/mol. The van der Waals surface area contributed by atoms with Crippen molar-refractivity contribution in [2.75, 3.05) is 18.4 Å². The molecule has 2 aromatic rings. The maximum Gasteiger partial charge on any atom is 0.321 e. The molecular weight excluding hydrogens is 369 g/mol. The van der Waals surface area contributed by atoms with Crippen molar-refractivity contribution in [2.45, 2.75) is 18.4 Å². The molecule has 1 spiro atoms. The van der Waals surface area contributed by atoms with E-state index in [1.807, 2.05) is 24.3 Å². The van der Waals surface area contributed by atoms with Crippen LogP contribution < -0.4 is 10.8 Å². The van der Waals surface area contributed by atoms with Crippen molar-refractivity contribution in [1.82, 2.24) is 10.4 Å². The van der Waals surface area contributed by atoms with Gasteiger partial charge in [-0.25, -0.2) is 9.18 Å². The molecule has 7 heteroatoms. The fourth-order valence-corrected chi connectivity index (χ4v) is 3.45. The van der Waals surface area contributed by atoms with Crippen molar-refractivity contribution < 1.29 is 14.0 Å². The number of hydroxylamine groups is 1. The van der Waals surface area contributed by atoms with Crippen LogP contribution in [0.2, 0.25) is 5.02 Å². The number of urea groups is 1. The molecule has 2 aliphatic rings. The Bertz CT molecular complexity index is 860. The molecule has 140 valence electrons. The van der Waals surface area contributed by atoms with E-state index in [0.717, 1.165) is 11.3 Å². The Morgan fingerprint density at radius 2 is 1.78 bits per heavy atom. The van der Waals surface area contributed by atoms with Gasteiger partial charge in [0, 0.05) is 36.6 Å². The van der Waals surface area contributed by atoms with Crippen LogP contribution in [0.25, 0.3) is 5.70 Å². The summed E-state index contributed by atoms with van der Waals surface area (Å²) in [4.78, 5) is 20.0. The van der Waals surface area contributed by atoms with Crippen LogP contribution in [0.3, 0.4) is 0 Å². The van der Waals surface area contributed by atoms with E-state index in [9.17, 15) is 9.18 Å². The standard InChI is InChI=1S/C20H19ClFN3O2/c21-15-3-1-14(2-4-15)18-13-20(27-24-18)9-11-25(12-10-20)19(26)23-17-7-5-16(22)6-8-17/h1-8,13,24H,9-12H2,(H,23,26). The van der Waals surface area contributed by atoms with Gasteiger partial charge in [0.05, 0.1) is 5.70 Å². The molecule has 2 heterocycles. The highest BCUT2D eigenvalue weighted by atomic mass is 35.5. The number of piperidine rings is 1. The number of carbonyl (C=O) groups is 1. The van der Waals surface area contributed by atoms with Gasteiger partial charge in [0.25, 0.3) is 0 Å². The van der Waals surface area contributed by atoms with Gasteiger partial charge in [0.1, 0.15) is 11.4 Å². The number of benzene rings is 2. The Morgan fingerprint density at radius 3 is 2.44 bits per heavy atom. The van der Waals surface area contributed by atoms with Gasteiger partial charge in [-0.15, -0.1) is 0 Å². The van der Waals surface area contributed by atoms with Gasteiger partial charge >= 0.3 is 6.03 Å². The van der Waals surface area contributed by atoms with Gasteiger partial charge in [-0.3, -0.25) is 10.3 Å². The zero-order chi connectivity index (χ0) is 18.9. The minimum Gasteiger partial charge on any atom is -0.324 e. The highest BCUT2D eigenvalue weighted by molar-refractivity contribution is 6.30. The molecule has 5 nitrogen and oxygen atoms in total. The molecule has 2 amide bonds. The second-order valence-corrected chi connectivity index (χ2v) is 7.19. The second-order valence-electron chi connectivity index (χ2n) is 6.76. The van der Waals surface area contributed by atoms with E-state index in [0.29, 0.717) is 36.6 Å². The molecule has 0 unspecified atom stereocenters. The van der Waals surface area contributed by atoms with Crippen molar-refractivity contribution >= 4 is 29.0 Å². The highest BCUT2D eigenvalue weighted by Crippen LogP contribution is 2.35. The van der Waals surface area contributed by atoms with Gasteiger partial charge in [-0.05, 0) is 48.0 Å². The number of halogens is 2. The normalized spacial score (nSPS) is 18.1. The first-order chi connectivity index (χ1) is 13.0. The van der Waals surface area contributed by atoms with Crippen molar-refractivity contribution in [3.63, 3.8) is 0 Å². The third kappa shape index (κ3) is 3.91. The van der Waals surface area contributed by atoms with Crippen molar-refractivity contribution in [3.8, 4) is 0 Å². The zero-order valence-corrected chi connectivity index (χ0v) is 15.3. The number of carbonyl (C=O) groups excluding carboxylic acids is 1. The molecule has 1 saturated heterocycles. The average Bonchev–Trinajstić information content (AvgIpc) is 3.08. The second kappa shape index (κ2) is 7.21. The number of nitrogens with zero attached hydrogens (tertiary/aromatic N) is 1. The number of anilines is 1. The quantitative estimate of drug-likeness (QED) is 0.802. The summed E-state index contributed by atoms with van der Waals surface area (Å²) in [5.74, 6) is -0.331. The Hall–Kier alpha value is -2.57. The monoisotopic (exact) mass is 387 g/mol. The molecule has 0 aliphatic carbocycles. The Morgan fingerprint density at radius 1 is 1.11 bits per heavy atom. The van der Waals surface area contributed by atoms with Crippen molar-refractivity contribution in [1.29, 1.82) is 0 Å². The maximum absolute atomic E-state index is 13.0. The number of hydrogen-bond acceptors (Lipinski definition) is 3. The molecular formula is C20H19ClFN3O2. The lowest BCUT2D eigenvalue weighted by molar-refractivity contribution is -0.0634. The highest BCUT2D eigenvalue weighted by Gasteiger charge is 2.39. The minimum absolute atomic E-state index is 0.190. The summed E-state index contributed by atoms with van der Waals surface area (Å²) in [6.45, 7) is 1.14. The molecule has 2 aliphatic heterocycles. The Kier molecular flexibility index (Phi) is 4.76. The lowest BCUT2D eigenvalue weighted by Crippen LogP contribution is -2.48. The van der Waals surface area contributed by atoms with Crippen LogP contribution in [0.1, 0.15) is 18.4 Å². The number of rotatable bonds is 2. The van der Waals surface area contributed by atoms with Crippen molar-refractivity contribution in [3.05, 3.63) is 71.0 Å². The summed E-state index contributed by atoms with van der Waals surface area (Å²) in [5, 5.41) is 3.48. The smallest absolute Gasteiger partial charge is 0.321 e. The fraction of sp³-hybridized carbons (Fsp3) is 0.250. The van der Waals surface area contributed by atoms with Gasteiger partial charge in [-0.1, -0.05) is 23.7 Å². The third-order valence-electron chi connectivity index (χ3n) is 4.92. The van der Waals surface area contributed by atoms with E-state index in [1.165, 1.54) is 12.1 Å². The molecule has 2 aromatic carbocycles. The summed E-state index contributed by atoms with van der Waals surface area (Å²) in [6, 6.07) is 13.1. The third-order valence-corrected chi connectivity index (χ3v) is 5.17. The lowest BCUT2D eigenvalue weighted by Gasteiger charge is -2.36. The largest absolute Gasteiger partial charge is 0.324 e. The van der Waals surface area contributed by atoms with Crippen LogP contribution in [0, 0.1) is 5.82 Å². The van der Waals surface area contributed by atoms with E-state index in [-0.39, 0.29) is 11.8 Å².